The van der Waals surface area contributed by atoms with E-state index in [2.05, 4.69) is 15.2 Å². The van der Waals surface area contributed by atoms with Crippen LogP contribution >= 0.6 is 0 Å². The fourth-order valence-corrected chi connectivity index (χ4v) is 2.77. The zero-order valence-electron chi connectivity index (χ0n) is 17.3. The van der Waals surface area contributed by atoms with Crippen molar-refractivity contribution in [1.29, 1.82) is 5.26 Å². The number of rotatable bonds is 6. The van der Waals surface area contributed by atoms with Crippen molar-refractivity contribution >= 4 is 0 Å². The number of nitrogens with zero attached hydrogens (tertiary/aromatic N) is 5. The summed E-state index contributed by atoms with van der Waals surface area (Å²) in [5, 5.41) is 15.7. The van der Waals surface area contributed by atoms with Crippen molar-refractivity contribution in [3.8, 4) is 23.4 Å². The van der Waals surface area contributed by atoms with Crippen LogP contribution in [-0.4, -0.2) is 26.9 Å². The lowest BCUT2D eigenvalue weighted by Crippen LogP contribution is -2.27. The predicted octanol–water partition coefficient (Wildman–Crippen LogP) is 4.02. The van der Waals surface area contributed by atoms with Crippen molar-refractivity contribution in [2.75, 3.05) is 7.11 Å². The largest absolute Gasteiger partial charge is 0.480 e. The highest BCUT2D eigenvalue weighted by atomic mass is 19.4. The number of alkyl halides is 5. The molecule has 1 aromatic carbocycles. The van der Waals surface area contributed by atoms with Gasteiger partial charge in [0.05, 0.1) is 25.5 Å². The Morgan fingerprint density at radius 1 is 1.18 bits per heavy atom. The van der Waals surface area contributed by atoms with E-state index in [4.69, 9.17) is 14.7 Å². The van der Waals surface area contributed by atoms with E-state index >= 15 is 0 Å². The highest BCUT2D eigenvalue weighted by Crippen LogP contribution is 2.35. The van der Waals surface area contributed by atoms with Gasteiger partial charge in [0.15, 0.2) is 17.3 Å². The second-order valence-corrected chi connectivity index (χ2v) is 6.84. The van der Waals surface area contributed by atoms with E-state index in [1.807, 2.05) is 0 Å². The van der Waals surface area contributed by atoms with Gasteiger partial charge in [-0.15, -0.1) is 10.2 Å². The smallest absolute Gasteiger partial charge is 0.437 e. The van der Waals surface area contributed by atoms with Gasteiger partial charge in [-0.1, -0.05) is 6.07 Å². The first-order valence-electron chi connectivity index (χ1n) is 9.18. The lowest BCUT2D eigenvalue weighted by Gasteiger charge is -2.16. The molecule has 3 aromatic rings. The number of nitriles is 1. The first-order valence-corrected chi connectivity index (χ1v) is 9.18. The number of ether oxygens (including phenoxy) is 2. The Kier molecular flexibility index (Phi) is 6.49. The molecular weight excluding hydrogens is 472 g/mol. The summed E-state index contributed by atoms with van der Waals surface area (Å²) < 4.78 is 92.6. The third-order valence-corrected chi connectivity index (χ3v) is 4.38. The molecule has 0 N–H and O–H groups in total. The average Bonchev–Trinajstić information content (AvgIpc) is 2.76. The van der Waals surface area contributed by atoms with Gasteiger partial charge in [0.25, 0.3) is 11.5 Å². The van der Waals surface area contributed by atoms with Crippen LogP contribution < -0.4 is 15.0 Å². The van der Waals surface area contributed by atoms with E-state index in [1.54, 1.807) is 0 Å². The van der Waals surface area contributed by atoms with E-state index in [1.165, 1.54) is 6.07 Å². The van der Waals surface area contributed by atoms with Crippen molar-refractivity contribution in [3.63, 3.8) is 0 Å². The highest BCUT2D eigenvalue weighted by molar-refractivity contribution is 5.42. The Morgan fingerprint density at radius 2 is 1.88 bits per heavy atom. The van der Waals surface area contributed by atoms with Crippen LogP contribution in [0.4, 0.5) is 26.3 Å². The van der Waals surface area contributed by atoms with Crippen LogP contribution in [0.25, 0.3) is 0 Å². The first kappa shape index (κ1) is 24.5. The molecule has 0 saturated carbocycles. The lowest BCUT2D eigenvalue weighted by molar-refractivity contribution is -0.142. The van der Waals surface area contributed by atoms with Crippen LogP contribution in [0.15, 0.2) is 35.4 Å². The molecule has 2 aromatic heterocycles. The lowest BCUT2D eigenvalue weighted by atomic mass is 10.2. The summed E-state index contributed by atoms with van der Waals surface area (Å²) in [6, 6.07) is 5.47. The van der Waals surface area contributed by atoms with Gasteiger partial charge >= 0.3 is 6.18 Å². The summed E-state index contributed by atoms with van der Waals surface area (Å²) in [5.74, 6) is -7.17. The highest BCUT2D eigenvalue weighted by Gasteiger charge is 2.39. The summed E-state index contributed by atoms with van der Waals surface area (Å²) >= 11 is 0. The maximum Gasteiger partial charge on any atom is 0.437 e. The molecule has 0 fully saturated rings. The fourth-order valence-electron chi connectivity index (χ4n) is 2.77. The monoisotopic (exact) mass is 485 g/mol. The minimum absolute atomic E-state index is 0.124. The van der Waals surface area contributed by atoms with Gasteiger partial charge < -0.3 is 9.47 Å². The minimum Gasteiger partial charge on any atom is -0.480 e. The van der Waals surface area contributed by atoms with Gasteiger partial charge in [-0.25, -0.2) is 9.37 Å². The van der Waals surface area contributed by atoms with Crippen molar-refractivity contribution in [3.05, 3.63) is 69.3 Å². The molecule has 0 amide bonds. The first-order chi connectivity index (χ1) is 15.9. The Morgan fingerprint density at radius 3 is 2.47 bits per heavy atom. The molecule has 34 heavy (non-hydrogen) atoms. The predicted molar refractivity (Wildman–Crippen MR) is 102 cm³/mol. The second-order valence-electron chi connectivity index (χ2n) is 6.84. The summed E-state index contributed by atoms with van der Waals surface area (Å²) in [6.45, 7) is -0.0577. The Balaban J connectivity index is 2.14. The molecule has 3 rings (SSSR count). The fraction of sp³-hybridized carbons (Fsp3) is 0.250. The summed E-state index contributed by atoms with van der Waals surface area (Å²) in [4.78, 5) is 16.1. The van der Waals surface area contributed by atoms with Crippen molar-refractivity contribution in [2.45, 2.75) is 25.6 Å². The molecule has 178 valence electrons. The normalized spacial score (nSPS) is 11.7. The van der Waals surface area contributed by atoms with Gasteiger partial charge in [-0.2, -0.15) is 27.2 Å². The van der Waals surface area contributed by atoms with Crippen molar-refractivity contribution in [1.82, 2.24) is 19.7 Å². The second kappa shape index (κ2) is 9.00. The number of hydrogen-bond acceptors (Lipinski definition) is 7. The van der Waals surface area contributed by atoms with E-state index in [9.17, 15) is 31.1 Å². The Bertz CT molecular complexity index is 1330. The third kappa shape index (κ3) is 4.92. The molecule has 0 radical (unpaired) electrons. The van der Waals surface area contributed by atoms with Crippen molar-refractivity contribution < 1.29 is 35.8 Å². The van der Waals surface area contributed by atoms with Gasteiger partial charge in [0.1, 0.15) is 11.8 Å². The molecule has 0 saturated heterocycles. The molecule has 0 atom stereocenters. The number of halogens is 6. The maximum absolute atomic E-state index is 14.4. The van der Waals surface area contributed by atoms with Crippen LogP contribution in [-0.2, 0) is 18.6 Å². The molecule has 0 bridgehead atoms. The Hall–Kier alpha value is -4.15. The third-order valence-electron chi connectivity index (χ3n) is 4.38. The zero-order valence-corrected chi connectivity index (χ0v) is 17.3. The zero-order chi connectivity index (χ0) is 25.3. The van der Waals surface area contributed by atoms with Crippen molar-refractivity contribution in [2.24, 2.45) is 0 Å². The standard InChI is InChI=1S/C20H13F6N5O3/c1-19(22,23)13-6-11(17(33-2)30-29-13)8-31-9-28-16(20(24,25)26)15(18(31)32)34-12-5-3-4-10(7-27)14(12)21/h3-6,9H,8H2,1-2H3. The Labute approximate surface area is 187 Å². The molecule has 14 heteroatoms. The topological polar surface area (TPSA) is 103 Å². The minimum atomic E-state index is -5.16. The van der Waals surface area contributed by atoms with Gasteiger partial charge in [-0.05, 0) is 18.2 Å². The van der Waals surface area contributed by atoms with Crippen LogP contribution in [0.2, 0.25) is 0 Å². The SMILES string of the molecule is COc1nnc(C(C)(F)F)cc1Cn1cnc(C(F)(F)F)c(Oc2cccc(C#N)c2F)c1=O. The number of methoxy groups -OCH3 is 1. The molecule has 0 aliphatic heterocycles. The molecule has 0 spiro atoms. The number of aromatic nitrogens is 4. The van der Waals surface area contributed by atoms with E-state index in [-0.39, 0.29) is 11.4 Å². The molecule has 0 aliphatic carbocycles. The maximum atomic E-state index is 14.4. The number of benzene rings is 1. The van der Waals surface area contributed by atoms with Gasteiger partial charge in [0, 0.05) is 12.5 Å². The molecule has 0 unspecified atom stereocenters. The molecular formula is C20H13F6N5O3. The summed E-state index contributed by atoms with van der Waals surface area (Å²) in [7, 11) is 1.14. The summed E-state index contributed by atoms with van der Waals surface area (Å²) in [6.07, 6.45) is -4.64. The quantitative estimate of drug-likeness (QED) is 0.486. The van der Waals surface area contributed by atoms with Crippen LogP contribution in [0.3, 0.4) is 0 Å². The molecule has 2 heterocycles. The molecule has 8 nitrogen and oxygen atoms in total. The van der Waals surface area contributed by atoms with Gasteiger partial charge in [0.2, 0.25) is 11.6 Å². The molecule has 0 aliphatic rings. The van der Waals surface area contributed by atoms with Gasteiger partial charge in [-0.3, -0.25) is 9.36 Å². The average molecular weight is 485 g/mol. The van der Waals surface area contributed by atoms with Crippen LogP contribution in [0, 0.1) is 17.1 Å². The van der Waals surface area contributed by atoms with E-state index < -0.39 is 58.5 Å². The van der Waals surface area contributed by atoms with Crippen LogP contribution in [0.1, 0.15) is 29.4 Å². The van der Waals surface area contributed by atoms with E-state index in [0.717, 1.165) is 31.4 Å². The van der Waals surface area contributed by atoms with E-state index in [0.29, 0.717) is 17.8 Å². The van der Waals surface area contributed by atoms with Crippen LogP contribution in [0.5, 0.6) is 17.4 Å². The number of hydrogen-bond donors (Lipinski definition) is 0. The summed E-state index contributed by atoms with van der Waals surface area (Å²) in [5.41, 5.74) is -4.59.